The van der Waals surface area contributed by atoms with Gasteiger partial charge >= 0.3 is 5.97 Å². The van der Waals surface area contributed by atoms with E-state index in [1.54, 1.807) is 0 Å². The Kier molecular flexibility index (Phi) is 4.96. The molecule has 1 atom stereocenters. The van der Waals surface area contributed by atoms with Crippen molar-refractivity contribution in [3.05, 3.63) is 30.0 Å². The molecule has 1 N–H and O–H groups in total. The van der Waals surface area contributed by atoms with Gasteiger partial charge in [0.15, 0.2) is 0 Å². The number of nitrogens with zero attached hydrogens (tertiary/aromatic N) is 2. The number of benzene rings is 1. The molecular formula is C16H23N3O2. The first-order valence-corrected chi connectivity index (χ1v) is 7.24. The average Bonchev–Trinajstić information content (AvgIpc) is 2.79. The van der Waals surface area contributed by atoms with Crippen molar-refractivity contribution >= 4 is 16.9 Å². The van der Waals surface area contributed by atoms with Crippen LogP contribution in [0.2, 0.25) is 0 Å². The SMILES string of the molecule is COC(=O)C(CC(C)C)NCc1nn(C)c2ccccc12. The molecule has 1 unspecified atom stereocenters. The first-order chi connectivity index (χ1) is 10.0. The molecule has 5 nitrogen and oxygen atoms in total. The third kappa shape index (κ3) is 3.61. The molecule has 0 saturated heterocycles. The van der Waals surface area contributed by atoms with Gasteiger partial charge in [0, 0.05) is 19.0 Å². The Morgan fingerprint density at radius 2 is 2.10 bits per heavy atom. The average molecular weight is 289 g/mol. The van der Waals surface area contributed by atoms with Gasteiger partial charge in [-0.2, -0.15) is 5.10 Å². The second kappa shape index (κ2) is 6.72. The number of methoxy groups -OCH3 is 1. The highest BCUT2D eigenvalue weighted by molar-refractivity contribution is 5.82. The van der Waals surface area contributed by atoms with Gasteiger partial charge < -0.3 is 4.74 Å². The van der Waals surface area contributed by atoms with Crippen LogP contribution in [-0.4, -0.2) is 28.9 Å². The van der Waals surface area contributed by atoms with Gasteiger partial charge in [0.25, 0.3) is 0 Å². The Bertz CT molecular complexity index is 619. The highest BCUT2D eigenvalue weighted by Crippen LogP contribution is 2.17. The Morgan fingerprint density at radius 1 is 1.38 bits per heavy atom. The van der Waals surface area contributed by atoms with E-state index in [1.165, 1.54) is 7.11 Å². The van der Waals surface area contributed by atoms with Crippen LogP contribution in [0.25, 0.3) is 10.9 Å². The van der Waals surface area contributed by atoms with E-state index in [2.05, 4.69) is 30.3 Å². The second-order valence-corrected chi connectivity index (χ2v) is 5.67. The lowest BCUT2D eigenvalue weighted by molar-refractivity contribution is -0.143. The largest absolute Gasteiger partial charge is 0.468 e. The molecule has 0 aliphatic carbocycles. The van der Waals surface area contributed by atoms with Crippen molar-refractivity contribution in [2.45, 2.75) is 32.9 Å². The number of rotatable bonds is 6. The molecule has 0 radical (unpaired) electrons. The van der Waals surface area contributed by atoms with E-state index < -0.39 is 0 Å². The predicted molar refractivity (Wildman–Crippen MR) is 82.8 cm³/mol. The molecule has 0 saturated carbocycles. The van der Waals surface area contributed by atoms with Crippen LogP contribution >= 0.6 is 0 Å². The van der Waals surface area contributed by atoms with Gasteiger partial charge in [-0.05, 0) is 18.4 Å². The number of hydrogen-bond acceptors (Lipinski definition) is 4. The molecule has 0 fully saturated rings. The van der Waals surface area contributed by atoms with Crippen LogP contribution in [0, 0.1) is 5.92 Å². The molecule has 5 heteroatoms. The summed E-state index contributed by atoms with van der Waals surface area (Å²) >= 11 is 0. The van der Waals surface area contributed by atoms with Crippen LogP contribution in [0.1, 0.15) is 26.0 Å². The molecule has 0 aliphatic heterocycles. The maximum absolute atomic E-state index is 11.8. The molecule has 1 heterocycles. The molecule has 2 rings (SSSR count). The fourth-order valence-electron chi connectivity index (χ4n) is 2.52. The van der Waals surface area contributed by atoms with Crippen molar-refractivity contribution in [2.75, 3.05) is 7.11 Å². The van der Waals surface area contributed by atoms with E-state index in [1.807, 2.05) is 29.9 Å². The minimum absolute atomic E-state index is 0.219. The summed E-state index contributed by atoms with van der Waals surface area (Å²) in [4.78, 5) is 11.8. The van der Waals surface area contributed by atoms with Crippen LogP contribution in [0.4, 0.5) is 0 Å². The zero-order valence-electron chi connectivity index (χ0n) is 13.1. The van der Waals surface area contributed by atoms with Gasteiger partial charge in [-0.15, -0.1) is 0 Å². The fourth-order valence-corrected chi connectivity index (χ4v) is 2.52. The predicted octanol–water partition coefficient (Wildman–Crippen LogP) is 2.25. The van der Waals surface area contributed by atoms with Crippen LogP contribution in [0.15, 0.2) is 24.3 Å². The van der Waals surface area contributed by atoms with Crippen LogP contribution in [0.3, 0.4) is 0 Å². The monoisotopic (exact) mass is 289 g/mol. The van der Waals surface area contributed by atoms with Crippen LogP contribution < -0.4 is 5.32 Å². The van der Waals surface area contributed by atoms with Crippen molar-refractivity contribution in [1.82, 2.24) is 15.1 Å². The number of para-hydroxylation sites is 1. The van der Waals surface area contributed by atoms with E-state index >= 15 is 0 Å². The highest BCUT2D eigenvalue weighted by Gasteiger charge is 2.20. The molecule has 0 bridgehead atoms. The summed E-state index contributed by atoms with van der Waals surface area (Å²) < 4.78 is 6.73. The van der Waals surface area contributed by atoms with E-state index in [9.17, 15) is 4.79 Å². The number of fused-ring (bicyclic) bond motifs is 1. The summed E-state index contributed by atoms with van der Waals surface area (Å²) in [5.41, 5.74) is 2.04. The fraction of sp³-hybridized carbons (Fsp3) is 0.500. The second-order valence-electron chi connectivity index (χ2n) is 5.67. The number of aryl methyl sites for hydroxylation is 1. The Labute approximate surface area is 125 Å². The minimum atomic E-state index is -0.296. The number of nitrogens with one attached hydrogen (secondary N) is 1. The van der Waals surface area contributed by atoms with Gasteiger partial charge in [-0.3, -0.25) is 14.8 Å². The third-order valence-corrected chi connectivity index (χ3v) is 3.54. The molecule has 114 valence electrons. The standard InChI is InChI=1S/C16H23N3O2/c1-11(2)9-13(16(20)21-4)17-10-14-12-7-5-6-8-15(12)19(3)18-14/h5-8,11,13,17H,9-10H2,1-4H3. The Hall–Kier alpha value is -1.88. The zero-order valence-corrected chi connectivity index (χ0v) is 13.1. The molecule has 0 aliphatic rings. The summed E-state index contributed by atoms with van der Waals surface area (Å²) in [6.45, 7) is 4.73. The molecule has 1 aromatic heterocycles. The first-order valence-electron chi connectivity index (χ1n) is 7.24. The van der Waals surface area contributed by atoms with Gasteiger partial charge in [-0.1, -0.05) is 32.0 Å². The van der Waals surface area contributed by atoms with Crippen molar-refractivity contribution in [3.8, 4) is 0 Å². The normalized spacial score (nSPS) is 12.8. The first kappa shape index (κ1) is 15.5. The Morgan fingerprint density at radius 3 is 2.76 bits per heavy atom. The van der Waals surface area contributed by atoms with Crippen molar-refractivity contribution < 1.29 is 9.53 Å². The lowest BCUT2D eigenvalue weighted by atomic mass is 10.0. The van der Waals surface area contributed by atoms with Gasteiger partial charge in [0.05, 0.1) is 18.3 Å². The van der Waals surface area contributed by atoms with Gasteiger partial charge in [0.2, 0.25) is 0 Å². The van der Waals surface area contributed by atoms with E-state index in [4.69, 9.17) is 4.74 Å². The molecule has 1 aromatic carbocycles. The van der Waals surface area contributed by atoms with E-state index in [0.717, 1.165) is 23.0 Å². The molecule has 2 aromatic rings. The summed E-state index contributed by atoms with van der Waals surface area (Å²) in [5.74, 6) is 0.200. The summed E-state index contributed by atoms with van der Waals surface area (Å²) in [6.07, 6.45) is 0.747. The lowest BCUT2D eigenvalue weighted by Gasteiger charge is -2.17. The quantitative estimate of drug-likeness (QED) is 0.829. The molecule has 0 amide bonds. The Balaban J connectivity index is 2.14. The van der Waals surface area contributed by atoms with E-state index in [-0.39, 0.29) is 12.0 Å². The molecular weight excluding hydrogens is 266 g/mol. The topological polar surface area (TPSA) is 56.1 Å². The van der Waals surface area contributed by atoms with Gasteiger partial charge in [0.1, 0.15) is 6.04 Å². The number of aromatic nitrogens is 2. The van der Waals surface area contributed by atoms with Crippen LogP contribution in [0.5, 0.6) is 0 Å². The van der Waals surface area contributed by atoms with Crippen LogP contribution in [-0.2, 0) is 23.1 Å². The molecule has 21 heavy (non-hydrogen) atoms. The number of carbonyl (C=O) groups is 1. The summed E-state index contributed by atoms with van der Waals surface area (Å²) in [6, 6.07) is 7.79. The lowest BCUT2D eigenvalue weighted by Crippen LogP contribution is -2.38. The number of carbonyl (C=O) groups excluding carboxylic acids is 1. The molecule has 0 spiro atoms. The van der Waals surface area contributed by atoms with E-state index in [0.29, 0.717) is 12.5 Å². The minimum Gasteiger partial charge on any atom is -0.468 e. The third-order valence-electron chi connectivity index (χ3n) is 3.54. The maximum Gasteiger partial charge on any atom is 0.322 e. The number of esters is 1. The number of ether oxygens (including phenoxy) is 1. The van der Waals surface area contributed by atoms with Crippen molar-refractivity contribution in [3.63, 3.8) is 0 Å². The van der Waals surface area contributed by atoms with Crippen molar-refractivity contribution in [1.29, 1.82) is 0 Å². The highest BCUT2D eigenvalue weighted by atomic mass is 16.5. The van der Waals surface area contributed by atoms with Crippen molar-refractivity contribution in [2.24, 2.45) is 13.0 Å². The maximum atomic E-state index is 11.8. The number of hydrogen-bond donors (Lipinski definition) is 1. The zero-order chi connectivity index (χ0) is 15.4. The summed E-state index contributed by atoms with van der Waals surface area (Å²) in [7, 11) is 3.35. The smallest absolute Gasteiger partial charge is 0.322 e. The van der Waals surface area contributed by atoms with Gasteiger partial charge in [-0.25, -0.2) is 0 Å². The summed E-state index contributed by atoms with van der Waals surface area (Å²) in [5, 5.41) is 8.91.